The van der Waals surface area contributed by atoms with Gasteiger partial charge in [-0.2, -0.15) is 5.10 Å². The van der Waals surface area contributed by atoms with Gasteiger partial charge in [0, 0.05) is 42.5 Å². The molecule has 1 aliphatic heterocycles. The molecule has 4 aromatic rings. The molecule has 13 heteroatoms. The molecule has 3 aromatic heterocycles. The van der Waals surface area contributed by atoms with Crippen molar-refractivity contribution in [1.29, 1.82) is 0 Å². The second-order valence-electron chi connectivity index (χ2n) is 12.3. The molecule has 0 saturated carbocycles. The van der Waals surface area contributed by atoms with Crippen LogP contribution in [0.25, 0.3) is 11.6 Å². The van der Waals surface area contributed by atoms with Gasteiger partial charge in [-0.05, 0) is 65.2 Å². The van der Waals surface area contributed by atoms with Gasteiger partial charge < -0.3 is 19.4 Å². The highest BCUT2D eigenvalue weighted by Crippen LogP contribution is 2.36. The van der Waals surface area contributed by atoms with E-state index in [0.717, 1.165) is 29.1 Å². The largest absolute Gasteiger partial charge is 0.444 e. The number of ether oxygens (including phenoxy) is 1. The van der Waals surface area contributed by atoms with Gasteiger partial charge >= 0.3 is 6.09 Å². The zero-order valence-corrected chi connectivity index (χ0v) is 27.5. The molecule has 1 aromatic carbocycles. The molecule has 2 unspecified atom stereocenters. The summed E-state index contributed by atoms with van der Waals surface area (Å²) in [5, 5.41) is 19.8. The summed E-state index contributed by atoms with van der Waals surface area (Å²) in [7, 11) is 0. The normalized spacial score (nSPS) is 16.0. The van der Waals surface area contributed by atoms with E-state index in [4.69, 9.17) is 9.15 Å². The van der Waals surface area contributed by atoms with Crippen LogP contribution in [0.4, 0.5) is 10.6 Å². The van der Waals surface area contributed by atoms with E-state index in [2.05, 4.69) is 43.9 Å². The van der Waals surface area contributed by atoms with E-state index >= 15 is 0 Å². The van der Waals surface area contributed by atoms with E-state index in [1.165, 1.54) is 11.2 Å². The van der Waals surface area contributed by atoms with Crippen LogP contribution >= 0.6 is 11.3 Å². The highest BCUT2D eigenvalue weighted by Gasteiger charge is 2.37. The van der Waals surface area contributed by atoms with Crippen LogP contribution in [0.1, 0.15) is 79.1 Å². The summed E-state index contributed by atoms with van der Waals surface area (Å²) in [5.41, 5.74) is 0.607. The summed E-state index contributed by atoms with van der Waals surface area (Å²) in [6, 6.07) is 12.8. The second kappa shape index (κ2) is 13.2. The van der Waals surface area contributed by atoms with Crippen molar-refractivity contribution in [2.75, 3.05) is 11.6 Å². The van der Waals surface area contributed by atoms with Gasteiger partial charge in [0.05, 0.1) is 6.04 Å². The highest BCUT2D eigenvalue weighted by molar-refractivity contribution is 7.09. The minimum absolute atomic E-state index is 0.0535. The molecule has 1 aliphatic rings. The first-order chi connectivity index (χ1) is 21.9. The summed E-state index contributed by atoms with van der Waals surface area (Å²) >= 11 is 1.56. The number of hydrazone groups is 1. The van der Waals surface area contributed by atoms with Crippen LogP contribution in [0.3, 0.4) is 0 Å². The maximum atomic E-state index is 14.0. The number of thiazole rings is 1. The topological polar surface area (TPSA) is 139 Å². The van der Waals surface area contributed by atoms with Gasteiger partial charge in [-0.15, -0.1) is 21.5 Å². The van der Waals surface area contributed by atoms with E-state index in [1.807, 2.05) is 47.5 Å². The van der Waals surface area contributed by atoms with Crippen molar-refractivity contribution in [2.24, 2.45) is 5.10 Å². The zero-order valence-electron chi connectivity index (χ0n) is 26.7. The van der Waals surface area contributed by atoms with Crippen LogP contribution in [0.5, 0.6) is 0 Å². The molecule has 46 heavy (non-hydrogen) atoms. The minimum Gasteiger partial charge on any atom is -0.444 e. The van der Waals surface area contributed by atoms with Crippen molar-refractivity contribution < 1.29 is 18.7 Å². The lowest BCUT2D eigenvalue weighted by Crippen LogP contribution is -2.47. The maximum Gasteiger partial charge on any atom is 0.408 e. The number of nitrogens with one attached hydrogen (secondary N) is 1. The first-order valence-electron chi connectivity index (χ1n) is 14.9. The smallest absolute Gasteiger partial charge is 0.408 e. The number of anilines is 1. The number of hydrogen-bond donors (Lipinski definition) is 1. The van der Waals surface area contributed by atoms with Gasteiger partial charge in [-0.3, -0.25) is 4.79 Å². The van der Waals surface area contributed by atoms with Crippen LogP contribution in [-0.4, -0.2) is 55.9 Å². The number of nitrogens with zero attached hydrogens (tertiary/aromatic N) is 7. The number of amides is 2. The Morgan fingerprint density at radius 2 is 1.96 bits per heavy atom. The standard InChI is InChI=1S/C33H38N8O4S/c1-8-41(34-7)26-18-23(29(42)40-16-12-15-25(40)28-35-21(2)20-46-28)17-24(36-26)27-38-39-30(44-27)33(6,19-22-13-10-9-11-14-22)37-31(43)45-32(3,4)5/h8-11,13-14,17-18,20,25H,1,7,12,15-16,19H2,2-6H3,(H,37,43). The molecular weight excluding hydrogens is 604 g/mol. The number of aromatic nitrogens is 4. The Morgan fingerprint density at radius 3 is 2.61 bits per heavy atom. The minimum atomic E-state index is -1.14. The summed E-state index contributed by atoms with van der Waals surface area (Å²) in [5.74, 6) is 0.301. The number of alkyl carbamates (subject to hydrolysis) is 1. The predicted octanol–water partition coefficient (Wildman–Crippen LogP) is 6.42. The van der Waals surface area contributed by atoms with Gasteiger partial charge in [-0.1, -0.05) is 36.9 Å². The Hall–Kier alpha value is -4.91. The van der Waals surface area contributed by atoms with E-state index < -0.39 is 17.2 Å². The first-order valence-corrected chi connectivity index (χ1v) is 15.8. The fourth-order valence-corrected chi connectivity index (χ4v) is 6.25. The molecule has 12 nitrogen and oxygen atoms in total. The molecule has 4 heterocycles. The number of pyridine rings is 1. The van der Waals surface area contributed by atoms with Crippen molar-refractivity contribution in [2.45, 2.75) is 71.1 Å². The van der Waals surface area contributed by atoms with Crippen molar-refractivity contribution in [3.63, 3.8) is 0 Å². The molecule has 2 atom stereocenters. The number of rotatable bonds is 10. The number of carbonyl (C=O) groups is 2. The predicted molar refractivity (Wildman–Crippen MR) is 176 cm³/mol. The van der Waals surface area contributed by atoms with Crippen molar-refractivity contribution >= 4 is 35.9 Å². The fraction of sp³-hybridized carbons (Fsp3) is 0.364. The summed E-state index contributed by atoms with van der Waals surface area (Å²) in [4.78, 5) is 38.1. The SMILES string of the molecule is C=CN(N=C)c1cc(C(=O)N2CCCC2c2nc(C)cs2)cc(-c2nnc(C(C)(Cc3ccccc3)NC(=O)OC(C)(C)C)o2)n1. The van der Waals surface area contributed by atoms with E-state index in [-0.39, 0.29) is 29.4 Å². The van der Waals surface area contributed by atoms with Gasteiger partial charge in [0.2, 0.25) is 5.89 Å². The number of aryl methyl sites for hydroxylation is 1. The van der Waals surface area contributed by atoms with Crippen LogP contribution in [0.15, 0.2) is 70.1 Å². The molecule has 0 spiro atoms. The fourth-order valence-electron chi connectivity index (χ4n) is 5.30. The average Bonchev–Trinajstić information content (AvgIpc) is 3.78. The Morgan fingerprint density at radius 1 is 1.20 bits per heavy atom. The van der Waals surface area contributed by atoms with Gasteiger partial charge in [0.15, 0.2) is 5.82 Å². The lowest BCUT2D eigenvalue weighted by atomic mass is 9.92. The van der Waals surface area contributed by atoms with E-state index in [9.17, 15) is 9.59 Å². The van der Waals surface area contributed by atoms with Gasteiger partial charge in [-0.25, -0.2) is 19.8 Å². The maximum absolute atomic E-state index is 14.0. The summed E-state index contributed by atoms with van der Waals surface area (Å²) < 4.78 is 11.8. The van der Waals surface area contributed by atoms with Crippen LogP contribution in [0.2, 0.25) is 0 Å². The summed E-state index contributed by atoms with van der Waals surface area (Å²) in [6.07, 6.45) is 2.83. The Balaban J connectivity index is 1.52. The molecule has 0 bridgehead atoms. The molecule has 5 rings (SSSR count). The van der Waals surface area contributed by atoms with Crippen LogP contribution < -0.4 is 10.3 Å². The molecule has 0 aliphatic carbocycles. The number of benzene rings is 1. The monoisotopic (exact) mass is 642 g/mol. The van der Waals surface area contributed by atoms with Crippen molar-refractivity contribution in [3.05, 3.63) is 88.3 Å². The van der Waals surface area contributed by atoms with Gasteiger partial charge in [0.25, 0.3) is 11.8 Å². The lowest BCUT2D eigenvalue weighted by Gasteiger charge is -2.29. The van der Waals surface area contributed by atoms with E-state index in [1.54, 1.807) is 51.2 Å². The molecule has 240 valence electrons. The Bertz CT molecular complexity index is 1720. The van der Waals surface area contributed by atoms with E-state index in [0.29, 0.717) is 24.3 Å². The third-order valence-electron chi connectivity index (χ3n) is 7.35. The molecular formula is C33H38N8O4S. The third kappa shape index (κ3) is 7.31. The average molecular weight is 643 g/mol. The van der Waals surface area contributed by atoms with Gasteiger partial charge in [0.1, 0.15) is 21.8 Å². The second-order valence-corrected chi connectivity index (χ2v) is 13.2. The molecule has 1 N–H and O–H groups in total. The molecule has 0 radical (unpaired) electrons. The molecule has 2 amide bonds. The van der Waals surface area contributed by atoms with Crippen molar-refractivity contribution in [1.82, 2.24) is 30.4 Å². The quantitative estimate of drug-likeness (QED) is 0.153. The molecule has 1 fully saturated rings. The Labute approximate surface area is 272 Å². The third-order valence-corrected chi connectivity index (χ3v) is 8.41. The zero-order chi connectivity index (χ0) is 33.1. The first kappa shape index (κ1) is 32.5. The number of likely N-dealkylation sites (tertiary alicyclic amines) is 1. The number of carbonyl (C=O) groups excluding carboxylic acids is 2. The number of hydrogen-bond acceptors (Lipinski definition) is 11. The Kier molecular flexibility index (Phi) is 9.33. The molecule has 1 saturated heterocycles. The van der Waals surface area contributed by atoms with Crippen LogP contribution in [-0.2, 0) is 16.7 Å². The summed E-state index contributed by atoms with van der Waals surface area (Å²) in [6.45, 7) is 17.1. The van der Waals surface area contributed by atoms with Crippen molar-refractivity contribution in [3.8, 4) is 11.6 Å². The highest BCUT2D eigenvalue weighted by atomic mass is 32.1. The van der Waals surface area contributed by atoms with Crippen LogP contribution in [0, 0.1) is 6.92 Å². The lowest BCUT2D eigenvalue weighted by molar-refractivity contribution is 0.0443.